The van der Waals surface area contributed by atoms with Gasteiger partial charge in [0, 0.05) is 25.0 Å². The molecule has 19 heavy (non-hydrogen) atoms. The summed E-state index contributed by atoms with van der Waals surface area (Å²) in [7, 11) is 0. The fourth-order valence-electron chi connectivity index (χ4n) is 3.10. The molecule has 3 unspecified atom stereocenters. The van der Waals surface area contributed by atoms with Crippen LogP contribution in [0, 0.1) is 5.92 Å². The fraction of sp³-hybridized carbons (Fsp3) is 0.929. The zero-order valence-corrected chi connectivity index (χ0v) is 12.2. The van der Waals surface area contributed by atoms with Crippen LogP contribution >= 0.6 is 0 Å². The number of likely N-dealkylation sites (tertiary alicyclic amines) is 1. The average molecular weight is 270 g/mol. The van der Waals surface area contributed by atoms with E-state index in [0.29, 0.717) is 6.54 Å². The second-order valence-corrected chi connectivity index (χ2v) is 6.61. The molecule has 0 bridgehead atoms. The molecule has 0 aliphatic carbocycles. The van der Waals surface area contributed by atoms with Crippen molar-refractivity contribution in [1.82, 2.24) is 10.2 Å². The molecule has 5 heteroatoms. The number of carbonyl (C=O) groups is 1. The van der Waals surface area contributed by atoms with Crippen molar-refractivity contribution in [3.05, 3.63) is 0 Å². The summed E-state index contributed by atoms with van der Waals surface area (Å²) >= 11 is 0. The Hall–Kier alpha value is -0.810. The number of nitrogens with zero attached hydrogens (tertiary/aromatic N) is 1. The lowest BCUT2D eigenvalue weighted by Gasteiger charge is -2.37. The maximum Gasteiger partial charge on any atom is 0.410 e. The van der Waals surface area contributed by atoms with Crippen LogP contribution in [0.25, 0.3) is 0 Å². The van der Waals surface area contributed by atoms with Crippen LogP contribution in [0.3, 0.4) is 0 Å². The van der Waals surface area contributed by atoms with Crippen molar-refractivity contribution in [3.8, 4) is 0 Å². The Morgan fingerprint density at radius 2 is 2.11 bits per heavy atom. The average Bonchev–Trinajstić information content (AvgIpc) is 2.76. The minimum atomic E-state index is -0.461. The molecular weight excluding hydrogens is 244 g/mol. The minimum absolute atomic E-state index is 0.131. The molecule has 110 valence electrons. The molecular formula is C14H26N2O3. The number of rotatable bonds is 1. The summed E-state index contributed by atoms with van der Waals surface area (Å²) in [6, 6.07) is 0.131. The van der Waals surface area contributed by atoms with E-state index in [1.165, 1.54) is 0 Å². The number of hydrogen-bond acceptors (Lipinski definition) is 4. The van der Waals surface area contributed by atoms with E-state index < -0.39 is 5.60 Å². The standard InChI is InChI=1S/C14H26N2O3/c1-14(2,3)19-13(18)16-8-4-5-11(16)10-6-7-15-9-12(10)17/h10-12,15,17H,4-9H2,1-3H3. The van der Waals surface area contributed by atoms with Crippen molar-refractivity contribution in [2.45, 2.75) is 57.8 Å². The first kappa shape index (κ1) is 14.6. The van der Waals surface area contributed by atoms with Gasteiger partial charge in [0.25, 0.3) is 0 Å². The Morgan fingerprint density at radius 1 is 1.37 bits per heavy atom. The molecule has 2 rings (SSSR count). The van der Waals surface area contributed by atoms with Crippen LogP contribution in [0.15, 0.2) is 0 Å². The molecule has 0 aromatic carbocycles. The molecule has 2 N–H and O–H groups in total. The summed E-state index contributed by atoms with van der Waals surface area (Å²) in [4.78, 5) is 14.1. The fourth-order valence-corrected chi connectivity index (χ4v) is 3.10. The summed E-state index contributed by atoms with van der Waals surface area (Å²) < 4.78 is 5.47. The molecule has 1 amide bonds. The van der Waals surface area contributed by atoms with Crippen LogP contribution in [0.4, 0.5) is 4.79 Å². The van der Waals surface area contributed by atoms with E-state index >= 15 is 0 Å². The first-order valence-electron chi connectivity index (χ1n) is 7.27. The first-order chi connectivity index (χ1) is 8.88. The summed E-state index contributed by atoms with van der Waals surface area (Å²) in [5, 5.41) is 13.3. The van der Waals surface area contributed by atoms with Gasteiger partial charge in [-0.25, -0.2) is 4.79 Å². The summed E-state index contributed by atoms with van der Waals surface area (Å²) in [5.41, 5.74) is -0.461. The van der Waals surface area contributed by atoms with E-state index in [9.17, 15) is 9.90 Å². The van der Waals surface area contributed by atoms with E-state index in [1.807, 2.05) is 25.7 Å². The molecule has 5 nitrogen and oxygen atoms in total. The van der Waals surface area contributed by atoms with Crippen molar-refractivity contribution in [2.75, 3.05) is 19.6 Å². The normalized spacial score (nSPS) is 32.4. The third kappa shape index (κ3) is 3.60. The van der Waals surface area contributed by atoms with E-state index in [1.54, 1.807) is 0 Å². The van der Waals surface area contributed by atoms with Gasteiger partial charge in [0.2, 0.25) is 0 Å². The van der Waals surface area contributed by atoms with Crippen molar-refractivity contribution in [3.63, 3.8) is 0 Å². The number of nitrogens with one attached hydrogen (secondary N) is 1. The SMILES string of the molecule is CC(C)(C)OC(=O)N1CCCC1C1CCNCC1O. The highest BCUT2D eigenvalue weighted by atomic mass is 16.6. The lowest BCUT2D eigenvalue weighted by Crippen LogP contribution is -2.51. The van der Waals surface area contributed by atoms with Crippen LogP contribution in [0.1, 0.15) is 40.0 Å². The van der Waals surface area contributed by atoms with Gasteiger partial charge in [-0.2, -0.15) is 0 Å². The Labute approximate surface area is 115 Å². The second-order valence-electron chi connectivity index (χ2n) is 6.61. The highest BCUT2D eigenvalue weighted by Gasteiger charge is 2.40. The van der Waals surface area contributed by atoms with Gasteiger partial charge in [-0.3, -0.25) is 0 Å². The number of aliphatic hydroxyl groups excluding tert-OH is 1. The highest BCUT2D eigenvalue weighted by Crippen LogP contribution is 2.30. The summed E-state index contributed by atoms with van der Waals surface area (Å²) in [5.74, 6) is 0.177. The van der Waals surface area contributed by atoms with Crippen molar-refractivity contribution in [2.24, 2.45) is 5.92 Å². The molecule has 2 fully saturated rings. The number of carbonyl (C=O) groups excluding carboxylic acids is 1. The highest BCUT2D eigenvalue weighted by molar-refractivity contribution is 5.69. The number of hydrogen-bond donors (Lipinski definition) is 2. The predicted octanol–water partition coefficient (Wildman–Crippen LogP) is 1.36. The van der Waals surface area contributed by atoms with Crippen LogP contribution in [-0.2, 0) is 4.74 Å². The molecule has 0 saturated carbocycles. The molecule has 2 heterocycles. The lowest BCUT2D eigenvalue weighted by atomic mass is 9.86. The van der Waals surface area contributed by atoms with Crippen LogP contribution < -0.4 is 5.32 Å². The topological polar surface area (TPSA) is 61.8 Å². The summed E-state index contributed by atoms with van der Waals surface area (Å²) in [6.45, 7) is 7.94. The maximum atomic E-state index is 12.2. The Bertz CT molecular complexity index is 327. The van der Waals surface area contributed by atoms with Crippen LogP contribution in [-0.4, -0.2) is 53.5 Å². The van der Waals surface area contributed by atoms with Gasteiger partial charge in [-0.15, -0.1) is 0 Å². The molecule has 2 aliphatic heterocycles. The number of ether oxygens (including phenoxy) is 1. The van der Waals surface area contributed by atoms with Crippen LogP contribution in [0.2, 0.25) is 0 Å². The zero-order chi connectivity index (χ0) is 14.0. The quantitative estimate of drug-likeness (QED) is 0.755. The first-order valence-corrected chi connectivity index (χ1v) is 7.27. The summed E-state index contributed by atoms with van der Waals surface area (Å²) in [6.07, 6.45) is 2.30. The van der Waals surface area contributed by atoms with Crippen molar-refractivity contribution in [1.29, 1.82) is 0 Å². The molecule has 0 radical (unpaired) electrons. The van der Waals surface area contributed by atoms with Gasteiger partial charge in [0.1, 0.15) is 5.60 Å². The largest absolute Gasteiger partial charge is 0.444 e. The predicted molar refractivity (Wildman–Crippen MR) is 72.9 cm³/mol. The van der Waals surface area contributed by atoms with Crippen molar-refractivity contribution >= 4 is 6.09 Å². The molecule has 2 aliphatic rings. The third-order valence-electron chi connectivity index (χ3n) is 3.92. The zero-order valence-electron chi connectivity index (χ0n) is 12.2. The Balaban J connectivity index is 2.01. The van der Waals surface area contributed by atoms with Gasteiger partial charge in [-0.05, 0) is 46.6 Å². The van der Waals surface area contributed by atoms with E-state index in [2.05, 4.69) is 5.32 Å². The number of β-amino-alcohol motifs (C(OH)–C–C–N with tert-alkyl or cyclic N) is 1. The van der Waals surface area contributed by atoms with E-state index in [-0.39, 0.29) is 24.2 Å². The molecule has 0 spiro atoms. The van der Waals surface area contributed by atoms with Gasteiger partial charge >= 0.3 is 6.09 Å². The van der Waals surface area contributed by atoms with Crippen LogP contribution in [0.5, 0.6) is 0 Å². The van der Waals surface area contributed by atoms with Gasteiger partial charge in [0.05, 0.1) is 6.10 Å². The van der Waals surface area contributed by atoms with Gasteiger partial charge < -0.3 is 20.1 Å². The maximum absolute atomic E-state index is 12.2. The molecule has 0 aromatic rings. The van der Waals surface area contributed by atoms with Gasteiger partial charge in [-0.1, -0.05) is 0 Å². The third-order valence-corrected chi connectivity index (χ3v) is 3.92. The van der Waals surface area contributed by atoms with Crippen molar-refractivity contribution < 1.29 is 14.6 Å². The molecule has 2 saturated heterocycles. The smallest absolute Gasteiger partial charge is 0.410 e. The number of aliphatic hydroxyl groups is 1. The Morgan fingerprint density at radius 3 is 2.74 bits per heavy atom. The number of amides is 1. The monoisotopic (exact) mass is 270 g/mol. The Kier molecular flexibility index (Phi) is 4.36. The molecule has 3 atom stereocenters. The lowest BCUT2D eigenvalue weighted by molar-refractivity contribution is -0.00187. The molecule has 0 aromatic heterocycles. The van der Waals surface area contributed by atoms with E-state index in [4.69, 9.17) is 4.74 Å². The second kappa shape index (κ2) is 5.67. The number of piperidine rings is 1. The minimum Gasteiger partial charge on any atom is -0.444 e. The van der Waals surface area contributed by atoms with E-state index in [0.717, 1.165) is 32.4 Å². The van der Waals surface area contributed by atoms with Gasteiger partial charge in [0.15, 0.2) is 0 Å².